The average Bonchev–Trinajstić information content (AvgIpc) is 3.08. The van der Waals surface area contributed by atoms with Crippen molar-refractivity contribution in [2.75, 3.05) is 11.4 Å². The molecule has 2 aromatic rings. The SMILES string of the molecule is O=C(NC1CCCCC1)C(c1ccc(Cl)cc1)N1CCc2ccccc21. The van der Waals surface area contributed by atoms with Crippen molar-refractivity contribution in [3.8, 4) is 0 Å². The summed E-state index contributed by atoms with van der Waals surface area (Å²) in [6.45, 7) is 0.866. The lowest BCUT2D eigenvalue weighted by atomic mass is 9.94. The summed E-state index contributed by atoms with van der Waals surface area (Å²) in [7, 11) is 0. The van der Waals surface area contributed by atoms with E-state index in [0.29, 0.717) is 11.1 Å². The van der Waals surface area contributed by atoms with Gasteiger partial charge in [-0.2, -0.15) is 0 Å². The minimum absolute atomic E-state index is 0.107. The third-order valence-electron chi connectivity index (χ3n) is 5.62. The first-order valence-corrected chi connectivity index (χ1v) is 10.0. The minimum atomic E-state index is -0.308. The lowest BCUT2D eigenvalue weighted by molar-refractivity contribution is -0.123. The number of hydrogen-bond donors (Lipinski definition) is 1. The van der Waals surface area contributed by atoms with Crippen molar-refractivity contribution in [3.05, 3.63) is 64.7 Å². The van der Waals surface area contributed by atoms with Crippen molar-refractivity contribution in [2.45, 2.75) is 50.6 Å². The van der Waals surface area contributed by atoms with Crippen LogP contribution in [0.2, 0.25) is 5.02 Å². The number of nitrogens with zero attached hydrogens (tertiary/aromatic N) is 1. The Morgan fingerprint density at radius 2 is 1.77 bits per heavy atom. The van der Waals surface area contributed by atoms with Crippen molar-refractivity contribution in [1.29, 1.82) is 0 Å². The fourth-order valence-electron chi connectivity index (χ4n) is 4.28. The van der Waals surface area contributed by atoms with E-state index in [-0.39, 0.29) is 11.9 Å². The molecule has 0 radical (unpaired) electrons. The third-order valence-corrected chi connectivity index (χ3v) is 5.87. The molecule has 0 bridgehead atoms. The molecule has 0 saturated heterocycles. The Balaban J connectivity index is 1.63. The summed E-state index contributed by atoms with van der Waals surface area (Å²) in [6, 6.07) is 16.1. The van der Waals surface area contributed by atoms with Gasteiger partial charge in [0.25, 0.3) is 0 Å². The molecule has 0 aromatic heterocycles. The fourth-order valence-corrected chi connectivity index (χ4v) is 4.40. The van der Waals surface area contributed by atoms with E-state index in [0.717, 1.165) is 31.4 Å². The van der Waals surface area contributed by atoms with E-state index in [1.807, 2.05) is 24.3 Å². The van der Waals surface area contributed by atoms with Crippen LogP contribution in [0.3, 0.4) is 0 Å². The molecule has 136 valence electrons. The van der Waals surface area contributed by atoms with Crippen LogP contribution < -0.4 is 10.2 Å². The first kappa shape index (κ1) is 17.4. The first-order chi connectivity index (χ1) is 12.7. The zero-order chi connectivity index (χ0) is 17.9. The van der Waals surface area contributed by atoms with Crippen molar-refractivity contribution in [1.82, 2.24) is 5.32 Å². The second-order valence-electron chi connectivity index (χ2n) is 7.37. The van der Waals surface area contributed by atoms with Gasteiger partial charge in [0, 0.05) is 23.3 Å². The lowest BCUT2D eigenvalue weighted by Gasteiger charge is -2.32. The summed E-state index contributed by atoms with van der Waals surface area (Å²) < 4.78 is 0. The van der Waals surface area contributed by atoms with E-state index in [1.54, 1.807) is 0 Å². The molecular formula is C22H25ClN2O. The number of amides is 1. The monoisotopic (exact) mass is 368 g/mol. The average molecular weight is 369 g/mol. The van der Waals surface area contributed by atoms with Gasteiger partial charge in [-0.25, -0.2) is 0 Å². The number of fused-ring (bicyclic) bond motifs is 1. The molecule has 1 fully saturated rings. The van der Waals surface area contributed by atoms with Gasteiger partial charge in [-0.05, 0) is 48.6 Å². The van der Waals surface area contributed by atoms with E-state index in [9.17, 15) is 4.79 Å². The summed E-state index contributed by atoms with van der Waals surface area (Å²) in [5.41, 5.74) is 3.49. The predicted octanol–water partition coefficient (Wildman–Crippen LogP) is 4.89. The highest BCUT2D eigenvalue weighted by atomic mass is 35.5. The molecule has 0 spiro atoms. The van der Waals surface area contributed by atoms with Gasteiger partial charge in [-0.1, -0.05) is 61.2 Å². The second-order valence-corrected chi connectivity index (χ2v) is 7.81. The number of nitrogens with one attached hydrogen (secondary N) is 1. The van der Waals surface area contributed by atoms with Gasteiger partial charge in [-0.3, -0.25) is 4.79 Å². The fraction of sp³-hybridized carbons (Fsp3) is 0.409. The van der Waals surface area contributed by atoms with Gasteiger partial charge < -0.3 is 10.2 Å². The molecular weight excluding hydrogens is 344 g/mol. The van der Waals surface area contributed by atoms with Gasteiger partial charge >= 0.3 is 0 Å². The van der Waals surface area contributed by atoms with Crippen LogP contribution >= 0.6 is 11.6 Å². The van der Waals surface area contributed by atoms with Crippen LogP contribution in [-0.2, 0) is 11.2 Å². The Hall–Kier alpha value is -2.00. The number of halogens is 1. The molecule has 1 N–H and O–H groups in total. The van der Waals surface area contributed by atoms with Crippen LogP contribution in [0, 0.1) is 0 Å². The van der Waals surface area contributed by atoms with E-state index < -0.39 is 0 Å². The Morgan fingerprint density at radius 3 is 2.54 bits per heavy atom. The van der Waals surface area contributed by atoms with Crippen LogP contribution in [0.25, 0.3) is 0 Å². The molecule has 2 aromatic carbocycles. The smallest absolute Gasteiger partial charge is 0.247 e. The van der Waals surface area contributed by atoms with Crippen LogP contribution in [0.15, 0.2) is 48.5 Å². The topological polar surface area (TPSA) is 32.3 Å². The molecule has 1 atom stereocenters. The summed E-state index contributed by atoms with van der Waals surface area (Å²) in [4.78, 5) is 15.6. The number of carbonyl (C=O) groups excluding carboxylic acids is 1. The van der Waals surface area contributed by atoms with E-state index in [2.05, 4.69) is 34.5 Å². The normalized spacial score (nSPS) is 18.4. The van der Waals surface area contributed by atoms with Crippen LogP contribution in [0.4, 0.5) is 5.69 Å². The molecule has 4 rings (SSSR count). The van der Waals surface area contributed by atoms with Crippen molar-refractivity contribution in [2.24, 2.45) is 0 Å². The molecule has 3 nitrogen and oxygen atoms in total. The molecule has 2 aliphatic rings. The Bertz CT molecular complexity index is 768. The van der Waals surface area contributed by atoms with Crippen LogP contribution in [0.5, 0.6) is 0 Å². The quantitative estimate of drug-likeness (QED) is 0.833. The maximum Gasteiger partial charge on any atom is 0.247 e. The number of carbonyl (C=O) groups is 1. The highest BCUT2D eigenvalue weighted by molar-refractivity contribution is 6.30. The summed E-state index contributed by atoms with van der Waals surface area (Å²) in [6.07, 6.45) is 6.88. The van der Waals surface area contributed by atoms with Gasteiger partial charge in [0.2, 0.25) is 5.91 Å². The number of benzene rings is 2. The number of rotatable bonds is 4. The molecule has 1 unspecified atom stereocenters. The zero-order valence-electron chi connectivity index (χ0n) is 15.0. The molecule has 1 heterocycles. The van der Waals surface area contributed by atoms with Crippen LogP contribution in [0.1, 0.15) is 49.3 Å². The Kier molecular flexibility index (Phi) is 5.16. The highest BCUT2D eigenvalue weighted by Crippen LogP contribution is 2.35. The molecule has 1 aliphatic heterocycles. The van der Waals surface area contributed by atoms with Gasteiger partial charge in [0.15, 0.2) is 0 Å². The Labute approximate surface area is 160 Å². The summed E-state index contributed by atoms with van der Waals surface area (Å²) in [5, 5.41) is 4.02. The second kappa shape index (κ2) is 7.71. The van der Waals surface area contributed by atoms with E-state index >= 15 is 0 Å². The molecule has 1 aliphatic carbocycles. The highest BCUT2D eigenvalue weighted by Gasteiger charge is 2.33. The van der Waals surface area contributed by atoms with Crippen LogP contribution in [-0.4, -0.2) is 18.5 Å². The predicted molar refractivity (Wildman–Crippen MR) is 107 cm³/mol. The Morgan fingerprint density at radius 1 is 1.04 bits per heavy atom. The minimum Gasteiger partial charge on any atom is -0.355 e. The molecule has 1 saturated carbocycles. The number of para-hydroxylation sites is 1. The molecule has 1 amide bonds. The van der Waals surface area contributed by atoms with Gasteiger partial charge in [0.1, 0.15) is 6.04 Å². The summed E-state index contributed by atoms with van der Waals surface area (Å²) in [5.74, 6) is 0.107. The van der Waals surface area contributed by atoms with E-state index in [4.69, 9.17) is 11.6 Å². The number of anilines is 1. The number of hydrogen-bond acceptors (Lipinski definition) is 2. The van der Waals surface area contributed by atoms with Crippen molar-refractivity contribution >= 4 is 23.2 Å². The van der Waals surface area contributed by atoms with E-state index in [1.165, 1.54) is 30.5 Å². The summed E-state index contributed by atoms with van der Waals surface area (Å²) >= 11 is 6.08. The lowest BCUT2D eigenvalue weighted by Crippen LogP contribution is -2.44. The third kappa shape index (κ3) is 3.59. The van der Waals surface area contributed by atoms with Crippen molar-refractivity contribution in [3.63, 3.8) is 0 Å². The largest absolute Gasteiger partial charge is 0.355 e. The first-order valence-electron chi connectivity index (χ1n) is 9.63. The van der Waals surface area contributed by atoms with Crippen molar-refractivity contribution < 1.29 is 4.79 Å². The molecule has 4 heteroatoms. The zero-order valence-corrected chi connectivity index (χ0v) is 15.7. The van der Waals surface area contributed by atoms with Gasteiger partial charge in [-0.15, -0.1) is 0 Å². The van der Waals surface area contributed by atoms with Gasteiger partial charge in [0.05, 0.1) is 0 Å². The maximum atomic E-state index is 13.3. The molecule has 26 heavy (non-hydrogen) atoms. The standard InChI is InChI=1S/C22H25ClN2O/c23-18-12-10-17(11-13-18)21(22(26)24-19-7-2-1-3-8-19)25-15-14-16-6-4-5-9-20(16)25/h4-6,9-13,19,21H,1-3,7-8,14-15H2,(H,24,26). The maximum absolute atomic E-state index is 13.3.